The number of carbonyl (C=O) groups is 1. The second-order valence-corrected chi connectivity index (χ2v) is 5.68. The van der Waals surface area contributed by atoms with Crippen molar-refractivity contribution < 1.29 is 14.6 Å². The summed E-state index contributed by atoms with van der Waals surface area (Å²) in [5, 5.41) is 8.61. The van der Waals surface area contributed by atoms with Crippen molar-refractivity contribution in [1.82, 2.24) is 0 Å². The fraction of sp³-hybridized carbons (Fsp3) is 0. The first kappa shape index (κ1) is 14.8. The summed E-state index contributed by atoms with van der Waals surface area (Å²) in [5.74, 6) is 0.411. The van der Waals surface area contributed by atoms with Gasteiger partial charge in [0.1, 0.15) is 11.5 Å². The summed E-state index contributed by atoms with van der Waals surface area (Å²) in [7, 11) is 0. The van der Waals surface area contributed by atoms with Crippen LogP contribution in [0.25, 0.3) is 6.08 Å². The summed E-state index contributed by atoms with van der Waals surface area (Å²) >= 11 is 6.77. The Kier molecular flexibility index (Phi) is 4.98. The molecule has 0 aromatic heterocycles. The standard InChI is InChI=1S/C15H10Br2O3/c16-11-2-1-3-12(8-11)20-13-6-4-10(14(17)9-13)5-7-15(18)19/h1-9H,(H,18,19)/b7-5+. The molecule has 0 amide bonds. The molecule has 0 bridgehead atoms. The maximum absolute atomic E-state index is 10.5. The van der Waals surface area contributed by atoms with Gasteiger partial charge < -0.3 is 9.84 Å². The minimum atomic E-state index is -0.980. The molecule has 0 fully saturated rings. The Hall–Kier alpha value is -1.59. The first-order chi connectivity index (χ1) is 9.54. The van der Waals surface area contributed by atoms with Crippen molar-refractivity contribution in [2.45, 2.75) is 0 Å². The zero-order valence-electron chi connectivity index (χ0n) is 10.2. The summed E-state index contributed by atoms with van der Waals surface area (Å²) in [4.78, 5) is 10.5. The van der Waals surface area contributed by atoms with Gasteiger partial charge in [0, 0.05) is 15.0 Å². The van der Waals surface area contributed by atoms with Gasteiger partial charge in [-0.25, -0.2) is 4.79 Å². The minimum absolute atomic E-state index is 0.669. The monoisotopic (exact) mass is 396 g/mol. The molecule has 3 nitrogen and oxygen atoms in total. The summed E-state index contributed by atoms with van der Waals surface area (Å²) in [5.41, 5.74) is 0.772. The Morgan fingerprint density at radius 1 is 1.10 bits per heavy atom. The van der Waals surface area contributed by atoms with Gasteiger partial charge in [-0.3, -0.25) is 0 Å². The number of aliphatic carboxylic acids is 1. The van der Waals surface area contributed by atoms with Gasteiger partial charge in [0.25, 0.3) is 0 Å². The summed E-state index contributed by atoms with van der Waals surface area (Å²) in [6, 6.07) is 12.9. The van der Waals surface area contributed by atoms with Crippen LogP contribution in [0.15, 0.2) is 57.5 Å². The number of rotatable bonds is 4. The van der Waals surface area contributed by atoms with Crippen LogP contribution in [0, 0.1) is 0 Å². The Labute approximate surface area is 133 Å². The van der Waals surface area contributed by atoms with Gasteiger partial charge in [-0.05, 0) is 42.0 Å². The lowest BCUT2D eigenvalue weighted by Crippen LogP contribution is -1.87. The molecule has 0 heterocycles. The van der Waals surface area contributed by atoms with Crippen molar-refractivity contribution in [3.8, 4) is 11.5 Å². The van der Waals surface area contributed by atoms with Crippen LogP contribution in [0.3, 0.4) is 0 Å². The molecule has 2 aromatic carbocycles. The van der Waals surface area contributed by atoms with Gasteiger partial charge in [-0.1, -0.05) is 44.0 Å². The topological polar surface area (TPSA) is 46.5 Å². The lowest BCUT2D eigenvalue weighted by molar-refractivity contribution is -0.131. The van der Waals surface area contributed by atoms with Crippen molar-refractivity contribution in [3.05, 3.63) is 63.0 Å². The maximum Gasteiger partial charge on any atom is 0.328 e. The third-order valence-corrected chi connectivity index (χ3v) is 3.59. The fourth-order valence-electron chi connectivity index (χ4n) is 1.53. The second kappa shape index (κ2) is 6.72. The molecule has 2 aromatic rings. The highest BCUT2D eigenvalue weighted by atomic mass is 79.9. The number of hydrogen-bond donors (Lipinski definition) is 1. The molecule has 0 aliphatic heterocycles. The summed E-state index contributed by atoms with van der Waals surface area (Å²) < 4.78 is 7.43. The molecule has 2 rings (SSSR count). The lowest BCUT2D eigenvalue weighted by Gasteiger charge is -2.07. The van der Waals surface area contributed by atoms with E-state index < -0.39 is 5.97 Å². The zero-order valence-corrected chi connectivity index (χ0v) is 13.4. The number of halogens is 2. The van der Waals surface area contributed by atoms with Crippen molar-refractivity contribution in [2.24, 2.45) is 0 Å². The SMILES string of the molecule is O=C(O)/C=C/c1ccc(Oc2cccc(Br)c2)cc1Br. The highest BCUT2D eigenvalue weighted by Crippen LogP contribution is 2.29. The molecule has 0 aliphatic rings. The lowest BCUT2D eigenvalue weighted by atomic mass is 10.2. The molecule has 0 aliphatic carbocycles. The predicted molar refractivity (Wildman–Crippen MR) is 85.0 cm³/mol. The quantitative estimate of drug-likeness (QED) is 0.730. The Morgan fingerprint density at radius 2 is 1.85 bits per heavy atom. The average molecular weight is 398 g/mol. The molecule has 20 heavy (non-hydrogen) atoms. The summed E-state index contributed by atoms with van der Waals surface area (Å²) in [6.45, 7) is 0. The smallest absolute Gasteiger partial charge is 0.328 e. The molecule has 102 valence electrons. The van der Waals surface area contributed by atoms with Crippen LogP contribution in [0.5, 0.6) is 11.5 Å². The van der Waals surface area contributed by atoms with Crippen LogP contribution in [0.1, 0.15) is 5.56 Å². The largest absolute Gasteiger partial charge is 0.478 e. The van der Waals surface area contributed by atoms with Gasteiger partial charge >= 0.3 is 5.97 Å². The van der Waals surface area contributed by atoms with E-state index in [-0.39, 0.29) is 0 Å². The molecule has 5 heteroatoms. The van der Waals surface area contributed by atoms with E-state index in [4.69, 9.17) is 9.84 Å². The molecule has 0 saturated heterocycles. The van der Waals surface area contributed by atoms with Crippen LogP contribution in [0.4, 0.5) is 0 Å². The van der Waals surface area contributed by atoms with E-state index >= 15 is 0 Å². The molecule has 0 radical (unpaired) electrons. The molecule has 1 N–H and O–H groups in total. The normalized spacial score (nSPS) is 10.7. The number of carboxylic acids is 1. The van der Waals surface area contributed by atoms with Gasteiger partial charge in [-0.2, -0.15) is 0 Å². The Bertz CT molecular complexity index is 666. The molecule has 0 spiro atoms. The fourth-order valence-corrected chi connectivity index (χ4v) is 2.40. The van der Waals surface area contributed by atoms with E-state index in [2.05, 4.69) is 31.9 Å². The minimum Gasteiger partial charge on any atom is -0.478 e. The summed E-state index contributed by atoms with van der Waals surface area (Å²) in [6.07, 6.45) is 2.62. The Balaban J connectivity index is 2.19. The molecular weight excluding hydrogens is 388 g/mol. The van der Waals surface area contributed by atoms with Crippen LogP contribution >= 0.6 is 31.9 Å². The van der Waals surface area contributed by atoms with Crippen LogP contribution in [0.2, 0.25) is 0 Å². The van der Waals surface area contributed by atoms with Crippen molar-refractivity contribution in [2.75, 3.05) is 0 Å². The zero-order chi connectivity index (χ0) is 14.5. The Morgan fingerprint density at radius 3 is 2.50 bits per heavy atom. The van der Waals surface area contributed by atoms with Crippen molar-refractivity contribution in [3.63, 3.8) is 0 Å². The van der Waals surface area contributed by atoms with E-state index in [1.165, 1.54) is 6.08 Å². The van der Waals surface area contributed by atoms with E-state index in [1.807, 2.05) is 24.3 Å². The first-order valence-corrected chi connectivity index (χ1v) is 7.27. The number of hydrogen-bond acceptors (Lipinski definition) is 2. The second-order valence-electron chi connectivity index (χ2n) is 3.91. The van der Waals surface area contributed by atoms with E-state index in [9.17, 15) is 4.79 Å². The van der Waals surface area contributed by atoms with E-state index in [0.717, 1.165) is 26.3 Å². The van der Waals surface area contributed by atoms with Crippen LogP contribution in [-0.4, -0.2) is 11.1 Å². The number of carboxylic acid groups (broad SMARTS) is 1. The molecule has 0 unspecified atom stereocenters. The molecular formula is C15H10Br2O3. The number of ether oxygens (including phenoxy) is 1. The van der Waals surface area contributed by atoms with Gasteiger partial charge in [-0.15, -0.1) is 0 Å². The molecule has 0 atom stereocenters. The average Bonchev–Trinajstić information content (AvgIpc) is 2.37. The molecule has 0 saturated carbocycles. The van der Waals surface area contributed by atoms with Gasteiger partial charge in [0.2, 0.25) is 0 Å². The van der Waals surface area contributed by atoms with Crippen molar-refractivity contribution >= 4 is 43.9 Å². The third-order valence-electron chi connectivity index (χ3n) is 2.41. The maximum atomic E-state index is 10.5. The number of benzene rings is 2. The van der Waals surface area contributed by atoms with Crippen molar-refractivity contribution in [1.29, 1.82) is 0 Å². The van der Waals surface area contributed by atoms with Gasteiger partial charge in [0.15, 0.2) is 0 Å². The van der Waals surface area contributed by atoms with Gasteiger partial charge in [0.05, 0.1) is 0 Å². The van der Waals surface area contributed by atoms with Crippen LogP contribution in [-0.2, 0) is 4.79 Å². The van der Waals surface area contributed by atoms with E-state index in [0.29, 0.717) is 5.75 Å². The van der Waals surface area contributed by atoms with Crippen LogP contribution < -0.4 is 4.74 Å². The predicted octanol–water partition coefficient (Wildman–Crippen LogP) is 5.10. The third kappa shape index (κ3) is 4.21. The first-order valence-electron chi connectivity index (χ1n) is 5.68. The highest BCUT2D eigenvalue weighted by molar-refractivity contribution is 9.10. The highest BCUT2D eigenvalue weighted by Gasteiger charge is 2.02. The van der Waals surface area contributed by atoms with E-state index in [1.54, 1.807) is 18.2 Å².